The number of hydrogen-bond donors (Lipinski definition) is 0. The molecule has 0 saturated heterocycles. The Balaban J connectivity index is 2.54. The van der Waals surface area contributed by atoms with Gasteiger partial charge in [0, 0.05) is 30.9 Å². The van der Waals surface area contributed by atoms with Crippen LogP contribution in [0.25, 0.3) is 0 Å². The first kappa shape index (κ1) is 11.0. The summed E-state index contributed by atoms with van der Waals surface area (Å²) in [7, 11) is 0. The molecule has 0 aromatic carbocycles. The van der Waals surface area contributed by atoms with Crippen LogP contribution in [0.2, 0.25) is 0 Å². The summed E-state index contributed by atoms with van der Waals surface area (Å²) in [5.41, 5.74) is 0.864. The smallest absolute Gasteiger partial charge is 0.164 e. The zero-order chi connectivity index (χ0) is 10.4. The number of Topliss-reactive ketones (excluding diaryl/α,β-unsaturated/α-hetero) is 1. The van der Waals surface area contributed by atoms with Gasteiger partial charge < -0.3 is 4.57 Å². The van der Waals surface area contributed by atoms with Crippen LogP contribution in [0.4, 0.5) is 0 Å². The highest BCUT2D eigenvalue weighted by Crippen LogP contribution is 2.07. The van der Waals surface area contributed by atoms with Crippen molar-refractivity contribution in [3.05, 3.63) is 24.0 Å². The van der Waals surface area contributed by atoms with E-state index in [0.717, 1.165) is 18.5 Å². The van der Waals surface area contributed by atoms with Crippen LogP contribution in [-0.4, -0.2) is 10.4 Å². The molecule has 0 unspecified atom stereocenters. The Morgan fingerprint density at radius 2 is 2.14 bits per heavy atom. The highest BCUT2D eigenvalue weighted by Gasteiger charge is 2.05. The lowest BCUT2D eigenvalue weighted by Gasteiger charge is -1.99. The van der Waals surface area contributed by atoms with Crippen molar-refractivity contribution in [2.45, 2.75) is 46.1 Å². The lowest BCUT2D eigenvalue weighted by molar-refractivity contribution is 0.0981. The average Bonchev–Trinajstić information content (AvgIpc) is 2.63. The summed E-state index contributed by atoms with van der Waals surface area (Å²) in [6.45, 7) is 5.23. The summed E-state index contributed by atoms with van der Waals surface area (Å²) in [6.07, 6.45) is 7.93. The van der Waals surface area contributed by atoms with Crippen molar-refractivity contribution in [2.75, 3.05) is 0 Å². The van der Waals surface area contributed by atoms with Gasteiger partial charge in [-0.3, -0.25) is 4.79 Å². The Labute approximate surface area is 85.9 Å². The Bertz CT molecular complexity index is 288. The normalized spacial score (nSPS) is 10.4. The standard InChI is InChI=1S/C12H19NO/c1-3-5-8-13-9-7-11(10-13)12(14)6-4-2/h7,9-10H,3-6,8H2,1-2H3. The first-order valence-corrected chi connectivity index (χ1v) is 5.47. The van der Waals surface area contributed by atoms with Crippen LogP contribution in [-0.2, 0) is 6.54 Å². The van der Waals surface area contributed by atoms with E-state index in [0.29, 0.717) is 6.42 Å². The Morgan fingerprint density at radius 3 is 2.79 bits per heavy atom. The predicted molar refractivity (Wildman–Crippen MR) is 58.6 cm³/mol. The fourth-order valence-corrected chi connectivity index (χ4v) is 1.46. The largest absolute Gasteiger partial charge is 0.354 e. The van der Waals surface area contributed by atoms with Crippen molar-refractivity contribution in [1.29, 1.82) is 0 Å². The molecule has 0 N–H and O–H groups in total. The second kappa shape index (κ2) is 5.63. The third-order valence-electron chi connectivity index (χ3n) is 2.32. The molecule has 0 atom stereocenters. The van der Waals surface area contributed by atoms with Gasteiger partial charge in [0.1, 0.15) is 0 Å². The zero-order valence-corrected chi connectivity index (χ0v) is 9.12. The molecule has 0 aliphatic rings. The molecule has 0 bridgehead atoms. The van der Waals surface area contributed by atoms with E-state index in [1.54, 1.807) is 0 Å². The fourth-order valence-electron chi connectivity index (χ4n) is 1.46. The molecule has 1 rings (SSSR count). The molecule has 14 heavy (non-hydrogen) atoms. The third-order valence-corrected chi connectivity index (χ3v) is 2.32. The van der Waals surface area contributed by atoms with Crippen LogP contribution >= 0.6 is 0 Å². The van der Waals surface area contributed by atoms with Gasteiger partial charge in [0.2, 0.25) is 0 Å². The highest BCUT2D eigenvalue weighted by molar-refractivity contribution is 5.95. The topological polar surface area (TPSA) is 22.0 Å². The van der Waals surface area contributed by atoms with Crippen molar-refractivity contribution in [1.82, 2.24) is 4.57 Å². The molecule has 0 fully saturated rings. The number of hydrogen-bond acceptors (Lipinski definition) is 1. The Hall–Kier alpha value is -1.05. The van der Waals surface area contributed by atoms with Crippen LogP contribution in [0.1, 0.15) is 49.9 Å². The molecule has 2 heteroatoms. The van der Waals surface area contributed by atoms with E-state index in [2.05, 4.69) is 11.5 Å². The number of unbranched alkanes of at least 4 members (excludes halogenated alkanes) is 1. The van der Waals surface area contributed by atoms with Gasteiger partial charge in [-0.25, -0.2) is 0 Å². The minimum absolute atomic E-state index is 0.266. The third kappa shape index (κ3) is 3.02. The molecule has 0 aliphatic carbocycles. The average molecular weight is 193 g/mol. The van der Waals surface area contributed by atoms with Gasteiger partial charge in [0.05, 0.1) is 0 Å². The number of nitrogens with zero attached hydrogens (tertiary/aromatic N) is 1. The van der Waals surface area contributed by atoms with Gasteiger partial charge in [0.15, 0.2) is 5.78 Å². The van der Waals surface area contributed by atoms with E-state index < -0.39 is 0 Å². The minimum atomic E-state index is 0.266. The number of aryl methyl sites for hydroxylation is 1. The van der Waals surface area contributed by atoms with Gasteiger partial charge in [-0.05, 0) is 18.9 Å². The van der Waals surface area contributed by atoms with Gasteiger partial charge in [-0.1, -0.05) is 20.3 Å². The zero-order valence-electron chi connectivity index (χ0n) is 9.12. The Morgan fingerprint density at radius 1 is 1.36 bits per heavy atom. The van der Waals surface area contributed by atoms with Crippen molar-refractivity contribution >= 4 is 5.78 Å². The van der Waals surface area contributed by atoms with Crippen molar-refractivity contribution in [3.63, 3.8) is 0 Å². The van der Waals surface area contributed by atoms with Crippen molar-refractivity contribution < 1.29 is 4.79 Å². The van der Waals surface area contributed by atoms with E-state index in [9.17, 15) is 4.79 Å². The summed E-state index contributed by atoms with van der Waals surface area (Å²) in [4.78, 5) is 11.5. The highest BCUT2D eigenvalue weighted by atomic mass is 16.1. The minimum Gasteiger partial charge on any atom is -0.354 e. The number of carbonyl (C=O) groups excluding carboxylic acids is 1. The molecular formula is C12H19NO. The maximum atomic E-state index is 11.5. The van der Waals surface area contributed by atoms with Crippen molar-refractivity contribution in [3.8, 4) is 0 Å². The maximum absolute atomic E-state index is 11.5. The molecule has 0 aliphatic heterocycles. The van der Waals surface area contributed by atoms with Crippen LogP contribution in [0, 0.1) is 0 Å². The second-order valence-electron chi connectivity index (χ2n) is 3.66. The van der Waals surface area contributed by atoms with Gasteiger partial charge >= 0.3 is 0 Å². The predicted octanol–water partition coefficient (Wildman–Crippen LogP) is 3.27. The quantitative estimate of drug-likeness (QED) is 0.635. The van der Waals surface area contributed by atoms with Gasteiger partial charge in [0.25, 0.3) is 0 Å². The maximum Gasteiger partial charge on any atom is 0.164 e. The van der Waals surface area contributed by atoms with E-state index in [-0.39, 0.29) is 5.78 Å². The molecular weight excluding hydrogens is 174 g/mol. The second-order valence-corrected chi connectivity index (χ2v) is 3.66. The molecule has 78 valence electrons. The molecule has 1 aromatic rings. The Kier molecular flexibility index (Phi) is 4.44. The number of carbonyl (C=O) groups is 1. The fraction of sp³-hybridized carbons (Fsp3) is 0.583. The van der Waals surface area contributed by atoms with E-state index in [1.165, 1.54) is 12.8 Å². The summed E-state index contributed by atoms with van der Waals surface area (Å²) in [6, 6.07) is 1.92. The van der Waals surface area contributed by atoms with Crippen LogP contribution in [0.3, 0.4) is 0 Å². The molecule has 0 spiro atoms. The lowest BCUT2D eigenvalue weighted by atomic mass is 10.1. The molecule has 2 nitrogen and oxygen atoms in total. The van der Waals surface area contributed by atoms with Crippen LogP contribution < -0.4 is 0 Å². The summed E-state index contributed by atoms with van der Waals surface area (Å²) >= 11 is 0. The summed E-state index contributed by atoms with van der Waals surface area (Å²) in [5, 5.41) is 0. The number of ketones is 1. The molecule has 1 aromatic heterocycles. The molecule has 0 saturated carbocycles. The molecule has 1 heterocycles. The van der Waals surface area contributed by atoms with E-state index >= 15 is 0 Å². The summed E-state index contributed by atoms with van der Waals surface area (Å²) < 4.78 is 2.10. The first-order valence-electron chi connectivity index (χ1n) is 5.47. The van der Waals surface area contributed by atoms with E-state index in [1.807, 2.05) is 25.4 Å². The van der Waals surface area contributed by atoms with Crippen LogP contribution in [0.15, 0.2) is 18.5 Å². The number of rotatable bonds is 6. The first-order chi connectivity index (χ1) is 6.77. The van der Waals surface area contributed by atoms with Gasteiger partial charge in [-0.15, -0.1) is 0 Å². The monoisotopic (exact) mass is 193 g/mol. The molecule has 0 radical (unpaired) electrons. The van der Waals surface area contributed by atoms with Crippen LogP contribution in [0.5, 0.6) is 0 Å². The number of aromatic nitrogens is 1. The van der Waals surface area contributed by atoms with Gasteiger partial charge in [-0.2, -0.15) is 0 Å². The molecule has 0 amide bonds. The summed E-state index contributed by atoms with van der Waals surface area (Å²) in [5.74, 6) is 0.266. The SMILES string of the molecule is CCCCn1ccc(C(=O)CCC)c1. The van der Waals surface area contributed by atoms with Crippen molar-refractivity contribution in [2.24, 2.45) is 0 Å². The van der Waals surface area contributed by atoms with E-state index in [4.69, 9.17) is 0 Å². The lowest BCUT2D eigenvalue weighted by Crippen LogP contribution is -1.97.